The fraction of sp³-hybridized carbons (Fsp3) is 0.667. The molecule has 1 amide bonds. The molecule has 2 saturated heterocycles. The van der Waals surface area contributed by atoms with Gasteiger partial charge in [-0.05, 0) is 25.8 Å². The minimum atomic E-state index is -0.195. The number of nitrogens with two attached hydrogens (primary N) is 1. The van der Waals surface area contributed by atoms with Gasteiger partial charge in [0.05, 0.1) is 19.8 Å². The van der Waals surface area contributed by atoms with Crippen molar-refractivity contribution >= 4 is 41.7 Å². The molecule has 0 bridgehead atoms. The number of pyridine rings is 1. The van der Waals surface area contributed by atoms with Crippen LogP contribution in [-0.2, 0) is 16.1 Å². The fourth-order valence-corrected chi connectivity index (χ4v) is 3.88. The number of anilines is 1. The number of aromatic nitrogens is 1. The number of piperidine rings is 1. The van der Waals surface area contributed by atoms with Crippen molar-refractivity contribution in [1.82, 2.24) is 20.5 Å². The average molecular weight is 545 g/mol. The normalized spacial score (nSPS) is 18.4. The van der Waals surface area contributed by atoms with Crippen molar-refractivity contribution in [3.8, 4) is 0 Å². The number of rotatable bonds is 8. The second-order valence-electron chi connectivity index (χ2n) is 7.73. The van der Waals surface area contributed by atoms with E-state index in [2.05, 4.69) is 38.4 Å². The van der Waals surface area contributed by atoms with Crippen molar-refractivity contribution in [2.75, 3.05) is 63.9 Å². The van der Waals surface area contributed by atoms with Crippen molar-refractivity contribution in [1.29, 1.82) is 0 Å². The third-order valence-electron chi connectivity index (χ3n) is 5.64. The maximum atomic E-state index is 11.4. The molecule has 1 aromatic rings. The van der Waals surface area contributed by atoms with Crippen molar-refractivity contribution in [3.05, 3.63) is 23.9 Å². The Bertz CT molecular complexity index is 705. The molecule has 31 heavy (non-hydrogen) atoms. The van der Waals surface area contributed by atoms with Crippen LogP contribution < -0.4 is 21.3 Å². The third kappa shape index (κ3) is 8.08. The van der Waals surface area contributed by atoms with Crippen LogP contribution in [0, 0.1) is 5.92 Å². The van der Waals surface area contributed by atoms with Crippen molar-refractivity contribution in [2.45, 2.75) is 26.3 Å². The number of halogens is 1. The lowest BCUT2D eigenvalue weighted by Crippen LogP contribution is -2.44. The summed E-state index contributed by atoms with van der Waals surface area (Å²) in [6, 6.07) is 4.02. The van der Waals surface area contributed by atoms with Gasteiger partial charge in [-0.25, -0.2) is 9.98 Å². The van der Waals surface area contributed by atoms with Gasteiger partial charge >= 0.3 is 0 Å². The summed E-state index contributed by atoms with van der Waals surface area (Å²) >= 11 is 0. The maximum absolute atomic E-state index is 11.4. The molecule has 3 heterocycles. The van der Waals surface area contributed by atoms with Gasteiger partial charge in [0, 0.05) is 63.5 Å². The van der Waals surface area contributed by atoms with E-state index in [9.17, 15) is 4.79 Å². The number of amides is 1. The molecule has 0 saturated carbocycles. The van der Waals surface area contributed by atoms with Gasteiger partial charge in [-0.3, -0.25) is 9.69 Å². The first-order valence-corrected chi connectivity index (χ1v) is 11.0. The first-order chi connectivity index (χ1) is 14.7. The van der Waals surface area contributed by atoms with Crippen molar-refractivity contribution in [2.24, 2.45) is 16.6 Å². The topological polar surface area (TPSA) is 108 Å². The van der Waals surface area contributed by atoms with Crippen LogP contribution in [0.1, 0.15) is 25.3 Å². The van der Waals surface area contributed by atoms with Crippen LogP contribution in [-0.4, -0.2) is 80.8 Å². The number of guanidine groups is 1. The Morgan fingerprint density at radius 1 is 1.26 bits per heavy atom. The molecule has 0 radical (unpaired) electrons. The van der Waals surface area contributed by atoms with Crippen molar-refractivity contribution < 1.29 is 9.53 Å². The Morgan fingerprint density at radius 3 is 2.68 bits per heavy atom. The lowest BCUT2D eigenvalue weighted by atomic mass is 9.96. The van der Waals surface area contributed by atoms with E-state index in [1.54, 1.807) is 0 Å². The number of carbonyl (C=O) groups is 1. The molecule has 0 spiro atoms. The van der Waals surface area contributed by atoms with Gasteiger partial charge in [0.25, 0.3) is 0 Å². The summed E-state index contributed by atoms with van der Waals surface area (Å²) in [5.41, 5.74) is 6.55. The summed E-state index contributed by atoms with van der Waals surface area (Å²) in [6.07, 6.45) is 3.37. The van der Waals surface area contributed by atoms with E-state index < -0.39 is 0 Å². The van der Waals surface area contributed by atoms with Gasteiger partial charge in [-0.2, -0.15) is 0 Å². The number of hydrogen-bond acceptors (Lipinski definition) is 6. The third-order valence-corrected chi connectivity index (χ3v) is 5.64. The van der Waals surface area contributed by atoms with Gasteiger partial charge in [-0.1, -0.05) is 6.07 Å². The molecule has 2 aliphatic rings. The van der Waals surface area contributed by atoms with Crippen LogP contribution in [0.4, 0.5) is 5.82 Å². The van der Waals surface area contributed by atoms with Crippen LogP contribution in [0.2, 0.25) is 0 Å². The number of hydrogen-bond donors (Lipinski definition) is 3. The molecule has 174 valence electrons. The summed E-state index contributed by atoms with van der Waals surface area (Å²) in [5.74, 6) is 1.54. The number of carbonyl (C=O) groups excluding carboxylic acids is 1. The zero-order valence-electron chi connectivity index (χ0n) is 18.4. The van der Waals surface area contributed by atoms with Crippen LogP contribution in [0.5, 0.6) is 0 Å². The Labute approximate surface area is 202 Å². The number of nitrogens with one attached hydrogen (secondary N) is 2. The zero-order chi connectivity index (χ0) is 21.2. The summed E-state index contributed by atoms with van der Waals surface area (Å²) in [7, 11) is 0. The summed E-state index contributed by atoms with van der Waals surface area (Å²) < 4.78 is 5.40. The van der Waals surface area contributed by atoms with E-state index in [1.807, 2.05) is 12.3 Å². The highest BCUT2D eigenvalue weighted by Crippen LogP contribution is 2.24. The number of ether oxygens (including phenoxy) is 1. The number of morpholine rings is 1. The Morgan fingerprint density at radius 2 is 2.00 bits per heavy atom. The molecule has 3 rings (SSSR count). The van der Waals surface area contributed by atoms with E-state index in [-0.39, 0.29) is 35.8 Å². The molecule has 2 aliphatic heterocycles. The Balaban J connectivity index is 0.00000341. The van der Waals surface area contributed by atoms with E-state index in [0.717, 1.165) is 89.2 Å². The fourth-order valence-electron chi connectivity index (χ4n) is 3.88. The highest BCUT2D eigenvalue weighted by atomic mass is 127. The highest BCUT2D eigenvalue weighted by Gasteiger charge is 2.24. The Hall–Kier alpha value is -1.66. The molecule has 0 atom stereocenters. The monoisotopic (exact) mass is 545 g/mol. The predicted octanol–water partition coefficient (Wildman–Crippen LogP) is 0.789. The smallest absolute Gasteiger partial charge is 0.220 e. The molecule has 0 aliphatic carbocycles. The minimum absolute atomic E-state index is 0. The van der Waals surface area contributed by atoms with Crippen LogP contribution >= 0.6 is 24.0 Å². The van der Waals surface area contributed by atoms with Gasteiger partial charge in [0.1, 0.15) is 5.82 Å². The molecule has 2 fully saturated rings. The SMILES string of the molecule is CCNC(=NCc1cccnc1N1CCC(C(N)=O)CC1)NCCN1CCOCC1.I. The Kier molecular flexibility index (Phi) is 11.3. The van der Waals surface area contributed by atoms with Crippen LogP contribution in [0.25, 0.3) is 0 Å². The largest absolute Gasteiger partial charge is 0.379 e. The van der Waals surface area contributed by atoms with Gasteiger partial charge in [0.15, 0.2) is 5.96 Å². The average Bonchev–Trinajstić information content (AvgIpc) is 2.78. The molecule has 10 heteroatoms. The van der Waals surface area contributed by atoms with E-state index in [1.165, 1.54) is 0 Å². The van der Waals surface area contributed by atoms with Crippen molar-refractivity contribution in [3.63, 3.8) is 0 Å². The van der Waals surface area contributed by atoms with Gasteiger partial charge in [-0.15, -0.1) is 24.0 Å². The first kappa shape index (κ1) is 25.6. The molecule has 0 unspecified atom stereocenters. The molecule has 0 aromatic carbocycles. The van der Waals surface area contributed by atoms with E-state index >= 15 is 0 Å². The molecular weight excluding hydrogens is 509 g/mol. The van der Waals surface area contributed by atoms with Gasteiger partial charge in [0.2, 0.25) is 5.91 Å². The zero-order valence-corrected chi connectivity index (χ0v) is 20.7. The molecule has 9 nitrogen and oxygen atoms in total. The second kappa shape index (κ2) is 13.7. The number of aliphatic imine (C=N–C) groups is 1. The number of primary amides is 1. The highest BCUT2D eigenvalue weighted by molar-refractivity contribution is 14.0. The minimum Gasteiger partial charge on any atom is -0.379 e. The summed E-state index contributed by atoms with van der Waals surface area (Å²) in [5, 5.41) is 6.74. The van der Waals surface area contributed by atoms with E-state index in [0.29, 0.717) is 6.54 Å². The second-order valence-corrected chi connectivity index (χ2v) is 7.73. The first-order valence-electron chi connectivity index (χ1n) is 11.0. The standard InChI is InChI=1S/C21H35N7O2.HI/c1-2-23-21(25-8-11-27-12-14-30-15-13-27)26-16-18-4-3-7-24-20(18)28-9-5-17(6-10-28)19(22)29;/h3-4,7,17H,2,5-6,8-16H2,1H3,(H2,22,29)(H2,23,25,26);1H. The molecule has 4 N–H and O–H groups in total. The van der Waals surface area contributed by atoms with E-state index in [4.69, 9.17) is 15.5 Å². The lowest BCUT2D eigenvalue weighted by molar-refractivity contribution is -0.122. The molecular formula is C21H36IN7O2. The predicted molar refractivity (Wildman–Crippen MR) is 134 cm³/mol. The maximum Gasteiger partial charge on any atom is 0.220 e. The number of nitrogens with zero attached hydrogens (tertiary/aromatic N) is 4. The quantitative estimate of drug-likeness (QED) is 0.252. The van der Waals surface area contributed by atoms with Crippen LogP contribution in [0.3, 0.4) is 0 Å². The van der Waals surface area contributed by atoms with Crippen LogP contribution in [0.15, 0.2) is 23.3 Å². The van der Waals surface area contributed by atoms with Gasteiger partial charge < -0.3 is 26.0 Å². The summed E-state index contributed by atoms with van der Waals surface area (Å²) in [4.78, 5) is 25.5. The lowest BCUT2D eigenvalue weighted by Gasteiger charge is -2.32. The molecule has 1 aromatic heterocycles. The summed E-state index contributed by atoms with van der Waals surface area (Å²) in [6.45, 7) is 10.4.